The van der Waals surface area contributed by atoms with Gasteiger partial charge in [-0.05, 0) is 17.7 Å². The van der Waals surface area contributed by atoms with E-state index in [0.717, 1.165) is 6.07 Å². The Bertz CT molecular complexity index is 492. The standard InChI is InChI=1S/C13H16FNO5/c1-20-11-3-2-8(6-9(11)14)7-12(17)15-10(4-5-16)13(18)19/h2-3,6,10,16H,4-5,7H2,1H3,(H,15,17)(H,18,19)/t10-/m0/s1. The zero-order valence-corrected chi connectivity index (χ0v) is 10.9. The highest BCUT2D eigenvalue weighted by atomic mass is 19.1. The van der Waals surface area contributed by atoms with Gasteiger partial charge in [0, 0.05) is 13.0 Å². The van der Waals surface area contributed by atoms with E-state index in [1.807, 2.05) is 0 Å². The normalized spacial score (nSPS) is 11.8. The number of benzene rings is 1. The van der Waals surface area contributed by atoms with Gasteiger partial charge in [-0.3, -0.25) is 4.79 Å². The van der Waals surface area contributed by atoms with Gasteiger partial charge in [-0.1, -0.05) is 6.07 Å². The molecule has 0 saturated carbocycles. The van der Waals surface area contributed by atoms with Crippen LogP contribution in [0, 0.1) is 5.82 Å². The summed E-state index contributed by atoms with van der Waals surface area (Å²) in [4.78, 5) is 22.5. The van der Waals surface area contributed by atoms with Crippen LogP contribution in [0.25, 0.3) is 0 Å². The fourth-order valence-electron chi connectivity index (χ4n) is 1.64. The lowest BCUT2D eigenvalue weighted by atomic mass is 10.1. The van der Waals surface area contributed by atoms with Crippen LogP contribution in [0.4, 0.5) is 4.39 Å². The Morgan fingerprint density at radius 1 is 1.45 bits per heavy atom. The number of nitrogens with one attached hydrogen (secondary N) is 1. The third-order valence-corrected chi connectivity index (χ3v) is 2.63. The van der Waals surface area contributed by atoms with Crippen LogP contribution in [-0.2, 0) is 16.0 Å². The maximum Gasteiger partial charge on any atom is 0.326 e. The lowest BCUT2D eigenvalue weighted by Crippen LogP contribution is -2.42. The van der Waals surface area contributed by atoms with Gasteiger partial charge in [-0.25, -0.2) is 9.18 Å². The third-order valence-electron chi connectivity index (χ3n) is 2.63. The Kier molecular flexibility index (Phi) is 5.92. The molecule has 0 bridgehead atoms. The number of hydrogen-bond acceptors (Lipinski definition) is 4. The monoisotopic (exact) mass is 285 g/mol. The molecular weight excluding hydrogens is 269 g/mol. The molecule has 0 aromatic heterocycles. The first kappa shape index (κ1) is 15.9. The quantitative estimate of drug-likeness (QED) is 0.671. The number of halogens is 1. The molecule has 0 radical (unpaired) electrons. The number of aliphatic hydroxyl groups excluding tert-OH is 1. The van der Waals surface area contributed by atoms with E-state index >= 15 is 0 Å². The van der Waals surface area contributed by atoms with Crippen LogP contribution in [0.3, 0.4) is 0 Å². The third kappa shape index (κ3) is 4.51. The van der Waals surface area contributed by atoms with Crippen LogP contribution in [0.5, 0.6) is 5.75 Å². The highest BCUT2D eigenvalue weighted by molar-refractivity contribution is 5.84. The lowest BCUT2D eigenvalue weighted by Gasteiger charge is -2.13. The fourth-order valence-corrected chi connectivity index (χ4v) is 1.64. The maximum atomic E-state index is 13.4. The number of carbonyl (C=O) groups is 2. The number of aliphatic hydroxyl groups is 1. The first-order chi connectivity index (χ1) is 9.47. The van der Waals surface area contributed by atoms with Crippen molar-refractivity contribution in [2.24, 2.45) is 0 Å². The number of rotatable bonds is 7. The fraction of sp³-hybridized carbons (Fsp3) is 0.385. The SMILES string of the molecule is COc1ccc(CC(=O)N[C@@H](CCO)C(=O)O)cc1F. The molecule has 110 valence electrons. The Morgan fingerprint density at radius 2 is 2.15 bits per heavy atom. The summed E-state index contributed by atoms with van der Waals surface area (Å²) in [5, 5.41) is 19.8. The number of ether oxygens (including phenoxy) is 1. The van der Waals surface area contributed by atoms with Crippen molar-refractivity contribution >= 4 is 11.9 Å². The molecule has 0 aliphatic carbocycles. The molecule has 0 saturated heterocycles. The van der Waals surface area contributed by atoms with Crippen LogP contribution in [0.15, 0.2) is 18.2 Å². The number of amides is 1. The predicted octanol–water partition coefficient (Wildman–Crippen LogP) is 0.329. The molecule has 20 heavy (non-hydrogen) atoms. The zero-order valence-electron chi connectivity index (χ0n) is 10.9. The van der Waals surface area contributed by atoms with Crippen molar-refractivity contribution in [2.45, 2.75) is 18.9 Å². The molecule has 0 unspecified atom stereocenters. The van der Waals surface area contributed by atoms with E-state index in [2.05, 4.69) is 5.32 Å². The molecule has 7 heteroatoms. The molecule has 0 fully saturated rings. The van der Waals surface area contributed by atoms with Gasteiger partial charge in [-0.2, -0.15) is 0 Å². The summed E-state index contributed by atoms with van der Waals surface area (Å²) in [5.74, 6) is -2.32. The molecule has 1 amide bonds. The summed E-state index contributed by atoms with van der Waals surface area (Å²) < 4.78 is 18.2. The summed E-state index contributed by atoms with van der Waals surface area (Å²) in [6.45, 7) is -0.353. The Hall–Kier alpha value is -2.15. The van der Waals surface area contributed by atoms with Gasteiger partial charge in [0.2, 0.25) is 5.91 Å². The van der Waals surface area contributed by atoms with Crippen LogP contribution in [0.2, 0.25) is 0 Å². The van der Waals surface area contributed by atoms with E-state index < -0.39 is 23.7 Å². The van der Waals surface area contributed by atoms with Crippen molar-refractivity contribution in [3.63, 3.8) is 0 Å². The summed E-state index contributed by atoms with van der Waals surface area (Å²) in [7, 11) is 1.33. The second kappa shape index (κ2) is 7.44. The molecule has 1 aromatic rings. The highest BCUT2D eigenvalue weighted by Gasteiger charge is 2.19. The number of hydrogen-bond donors (Lipinski definition) is 3. The molecule has 0 aliphatic heterocycles. The van der Waals surface area contributed by atoms with E-state index in [-0.39, 0.29) is 25.2 Å². The second-order valence-electron chi connectivity index (χ2n) is 4.12. The summed E-state index contributed by atoms with van der Waals surface area (Å²) in [6.07, 6.45) is -0.242. The van der Waals surface area contributed by atoms with Crippen LogP contribution in [0.1, 0.15) is 12.0 Å². The van der Waals surface area contributed by atoms with Crippen molar-refractivity contribution in [1.82, 2.24) is 5.32 Å². The summed E-state index contributed by atoms with van der Waals surface area (Å²) in [5.41, 5.74) is 0.397. The predicted molar refractivity (Wildman–Crippen MR) is 67.9 cm³/mol. The van der Waals surface area contributed by atoms with Crippen molar-refractivity contribution < 1.29 is 28.9 Å². The number of carboxylic acid groups (broad SMARTS) is 1. The number of carbonyl (C=O) groups excluding carboxylic acids is 1. The zero-order chi connectivity index (χ0) is 15.1. The largest absolute Gasteiger partial charge is 0.494 e. The molecule has 3 N–H and O–H groups in total. The average molecular weight is 285 g/mol. The van der Waals surface area contributed by atoms with Gasteiger partial charge in [0.1, 0.15) is 6.04 Å². The van der Waals surface area contributed by atoms with Crippen LogP contribution < -0.4 is 10.1 Å². The first-order valence-electron chi connectivity index (χ1n) is 5.93. The van der Waals surface area contributed by atoms with Crippen molar-refractivity contribution in [1.29, 1.82) is 0 Å². The molecule has 0 heterocycles. The van der Waals surface area contributed by atoms with Gasteiger partial charge >= 0.3 is 5.97 Å². The molecule has 0 aliphatic rings. The van der Waals surface area contributed by atoms with Crippen LogP contribution >= 0.6 is 0 Å². The number of aliphatic carboxylic acids is 1. The van der Waals surface area contributed by atoms with Gasteiger partial charge in [0.25, 0.3) is 0 Å². The molecule has 1 atom stereocenters. The molecule has 6 nitrogen and oxygen atoms in total. The minimum Gasteiger partial charge on any atom is -0.494 e. The minimum absolute atomic E-state index is 0.0675. The number of carboxylic acids is 1. The van der Waals surface area contributed by atoms with Gasteiger partial charge in [0.05, 0.1) is 13.5 Å². The van der Waals surface area contributed by atoms with Crippen molar-refractivity contribution in [3.8, 4) is 5.75 Å². The van der Waals surface area contributed by atoms with E-state index in [1.54, 1.807) is 0 Å². The Labute approximate surface area is 115 Å². The molecule has 1 aromatic carbocycles. The van der Waals surface area contributed by atoms with E-state index in [1.165, 1.54) is 19.2 Å². The Balaban J connectivity index is 2.66. The van der Waals surface area contributed by atoms with E-state index in [0.29, 0.717) is 5.56 Å². The summed E-state index contributed by atoms with van der Waals surface area (Å²) in [6, 6.07) is 2.90. The second-order valence-corrected chi connectivity index (χ2v) is 4.12. The smallest absolute Gasteiger partial charge is 0.326 e. The van der Waals surface area contributed by atoms with Crippen molar-refractivity contribution in [3.05, 3.63) is 29.6 Å². The average Bonchev–Trinajstić information content (AvgIpc) is 2.38. The Morgan fingerprint density at radius 3 is 2.65 bits per heavy atom. The first-order valence-corrected chi connectivity index (χ1v) is 5.93. The molecule has 0 spiro atoms. The lowest BCUT2D eigenvalue weighted by molar-refractivity contribution is -0.142. The topological polar surface area (TPSA) is 95.9 Å². The molecular formula is C13H16FNO5. The van der Waals surface area contributed by atoms with Gasteiger partial charge in [0.15, 0.2) is 11.6 Å². The minimum atomic E-state index is -1.23. The highest BCUT2D eigenvalue weighted by Crippen LogP contribution is 2.17. The van der Waals surface area contributed by atoms with Crippen molar-refractivity contribution in [2.75, 3.05) is 13.7 Å². The van der Waals surface area contributed by atoms with Gasteiger partial charge < -0.3 is 20.3 Å². The van der Waals surface area contributed by atoms with Crippen LogP contribution in [-0.4, -0.2) is 41.8 Å². The van der Waals surface area contributed by atoms with E-state index in [4.69, 9.17) is 14.9 Å². The maximum absolute atomic E-state index is 13.4. The van der Waals surface area contributed by atoms with Gasteiger partial charge in [-0.15, -0.1) is 0 Å². The summed E-state index contributed by atoms with van der Waals surface area (Å²) >= 11 is 0. The number of methoxy groups -OCH3 is 1. The molecule has 1 rings (SSSR count). The van der Waals surface area contributed by atoms with E-state index in [9.17, 15) is 14.0 Å².